The van der Waals surface area contributed by atoms with Crippen molar-refractivity contribution < 1.29 is 0 Å². The van der Waals surface area contributed by atoms with Gasteiger partial charge in [-0.1, -0.05) is 38.5 Å². The van der Waals surface area contributed by atoms with E-state index < -0.39 is 0 Å². The summed E-state index contributed by atoms with van der Waals surface area (Å²) in [7, 11) is 0. The van der Waals surface area contributed by atoms with Gasteiger partial charge in [0, 0.05) is 11.1 Å². The van der Waals surface area contributed by atoms with Crippen LogP contribution in [-0.4, -0.2) is 9.97 Å². The van der Waals surface area contributed by atoms with Crippen LogP contribution in [0.25, 0.3) is 10.9 Å². The number of hydrogen-bond acceptors (Lipinski definition) is 3. The van der Waals surface area contributed by atoms with Crippen molar-refractivity contribution in [3.63, 3.8) is 0 Å². The molecule has 0 unspecified atom stereocenters. The summed E-state index contributed by atoms with van der Waals surface area (Å²) in [6, 6.07) is 14.3. The zero-order valence-corrected chi connectivity index (χ0v) is 13.7. The largest absolute Gasteiger partial charge is 0.340 e. The molecule has 1 N–H and O–H groups in total. The SMILES string of the molecule is CCC.Cc1cc2ncnc(Nc3ccccc3)c2cc1C. The fourth-order valence-electron chi connectivity index (χ4n) is 2.07. The Balaban J connectivity index is 0.000000545. The molecule has 0 radical (unpaired) electrons. The van der Waals surface area contributed by atoms with E-state index in [1.165, 1.54) is 17.5 Å². The number of nitrogens with zero attached hydrogens (tertiary/aromatic N) is 2. The summed E-state index contributed by atoms with van der Waals surface area (Å²) >= 11 is 0. The maximum Gasteiger partial charge on any atom is 0.141 e. The minimum atomic E-state index is 0.847. The molecule has 0 aliphatic carbocycles. The van der Waals surface area contributed by atoms with Gasteiger partial charge in [0.05, 0.1) is 5.52 Å². The molecule has 0 aliphatic rings. The van der Waals surface area contributed by atoms with Crippen LogP contribution in [0.1, 0.15) is 31.4 Å². The number of fused-ring (bicyclic) bond motifs is 1. The predicted octanol–water partition coefficient (Wildman–Crippen LogP) is 5.41. The number of aryl methyl sites for hydroxylation is 2. The van der Waals surface area contributed by atoms with Crippen LogP contribution in [-0.2, 0) is 0 Å². The van der Waals surface area contributed by atoms with Gasteiger partial charge in [-0.3, -0.25) is 0 Å². The van der Waals surface area contributed by atoms with Crippen LogP contribution in [0.15, 0.2) is 48.8 Å². The van der Waals surface area contributed by atoms with Crippen molar-refractivity contribution in [2.45, 2.75) is 34.1 Å². The fourth-order valence-corrected chi connectivity index (χ4v) is 2.07. The molecule has 0 atom stereocenters. The average Bonchev–Trinajstić information content (AvgIpc) is 2.51. The van der Waals surface area contributed by atoms with Crippen LogP contribution in [0.2, 0.25) is 0 Å². The van der Waals surface area contributed by atoms with Crippen LogP contribution >= 0.6 is 0 Å². The summed E-state index contributed by atoms with van der Waals surface area (Å²) in [4.78, 5) is 8.69. The number of benzene rings is 2. The molecule has 0 fully saturated rings. The molecule has 114 valence electrons. The summed E-state index contributed by atoms with van der Waals surface area (Å²) in [5, 5.41) is 4.39. The van der Waals surface area contributed by atoms with E-state index in [1.54, 1.807) is 6.33 Å². The Hall–Kier alpha value is -2.42. The van der Waals surface area contributed by atoms with Crippen molar-refractivity contribution in [1.82, 2.24) is 9.97 Å². The number of hydrogen-bond donors (Lipinski definition) is 1. The first-order valence-corrected chi connectivity index (χ1v) is 7.69. The predicted molar refractivity (Wildman–Crippen MR) is 94.7 cm³/mol. The molecule has 0 bridgehead atoms. The van der Waals surface area contributed by atoms with Gasteiger partial charge >= 0.3 is 0 Å². The minimum Gasteiger partial charge on any atom is -0.340 e. The highest BCUT2D eigenvalue weighted by molar-refractivity contribution is 5.91. The van der Waals surface area contributed by atoms with Crippen molar-refractivity contribution in [2.24, 2.45) is 0 Å². The Kier molecular flexibility index (Phi) is 5.48. The van der Waals surface area contributed by atoms with Crippen molar-refractivity contribution in [3.05, 3.63) is 59.9 Å². The van der Waals surface area contributed by atoms with Crippen molar-refractivity contribution in [1.29, 1.82) is 0 Å². The Bertz CT molecular complexity index is 736. The van der Waals surface area contributed by atoms with Gasteiger partial charge in [0.2, 0.25) is 0 Å². The van der Waals surface area contributed by atoms with Gasteiger partial charge in [0.1, 0.15) is 12.1 Å². The van der Waals surface area contributed by atoms with Crippen molar-refractivity contribution in [2.75, 3.05) is 5.32 Å². The molecule has 0 aliphatic heterocycles. The van der Waals surface area contributed by atoms with Gasteiger partial charge in [0.15, 0.2) is 0 Å². The molecule has 0 saturated heterocycles. The highest BCUT2D eigenvalue weighted by Crippen LogP contribution is 2.25. The van der Waals surface area contributed by atoms with Gasteiger partial charge in [-0.25, -0.2) is 9.97 Å². The van der Waals surface area contributed by atoms with E-state index >= 15 is 0 Å². The molecule has 1 heterocycles. The molecule has 3 heteroatoms. The fraction of sp³-hybridized carbons (Fsp3) is 0.263. The molecular weight excluding hydrogens is 270 g/mol. The van der Waals surface area contributed by atoms with Gasteiger partial charge in [0.25, 0.3) is 0 Å². The van der Waals surface area contributed by atoms with E-state index in [1.807, 2.05) is 30.3 Å². The third-order valence-electron chi connectivity index (χ3n) is 3.29. The second kappa shape index (κ2) is 7.55. The van der Waals surface area contributed by atoms with Gasteiger partial charge in [-0.15, -0.1) is 0 Å². The monoisotopic (exact) mass is 293 g/mol. The van der Waals surface area contributed by atoms with Crippen LogP contribution in [0.3, 0.4) is 0 Å². The first-order chi connectivity index (χ1) is 10.7. The Morgan fingerprint density at radius 3 is 2.23 bits per heavy atom. The highest BCUT2D eigenvalue weighted by Gasteiger charge is 2.05. The third kappa shape index (κ3) is 3.82. The summed E-state index contributed by atoms with van der Waals surface area (Å²) in [5.74, 6) is 0.847. The lowest BCUT2D eigenvalue weighted by molar-refractivity contribution is 1.09. The normalized spacial score (nSPS) is 10.0. The summed E-state index contributed by atoms with van der Waals surface area (Å²) < 4.78 is 0. The smallest absolute Gasteiger partial charge is 0.141 e. The molecular formula is C19H23N3. The van der Waals surface area contributed by atoms with E-state index in [4.69, 9.17) is 0 Å². The summed E-state index contributed by atoms with van der Waals surface area (Å²) in [6.07, 6.45) is 2.85. The molecule has 0 amide bonds. The first kappa shape index (κ1) is 16.0. The van der Waals surface area contributed by atoms with E-state index in [0.717, 1.165) is 22.4 Å². The zero-order chi connectivity index (χ0) is 15.9. The molecule has 1 aromatic heterocycles. The Labute approximate surface area is 132 Å². The average molecular weight is 293 g/mol. The molecule has 0 spiro atoms. The topological polar surface area (TPSA) is 37.8 Å². The van der Waals surface area contributed by atoms with Crippen LogP contribution < -0.4 is 5.32 Å². The molecule has 2 aromatic carbocycles. The molecule has 0 saturated carbocycles. The molecule has 3 nitrogen and oxygen atoms in total. The van der Waals surface area contributed by atoms with Crippen LogP contribution in [0.4, 0.5) is 11.5 Å². The number of rotatable bonds is 2. The zero-order valence-electron chi connectivity index (χ0n) is 13.7. The number of para-hydroxylation sites is 1. The summed E-state index contributed by atoms with van der Waals surface area (Å²) in [6.45, 7) is 8.45. The van der Waals surface area contributed by atoms with Gasteiger partial charge in [-0.2, -0.15) is 0 Å². The van der Waals surface area contributed by atoms with Gasteiger partial charge in [-0.05, 0) is 49.2 Å². The number of aromatic nitrogens is 2. The Morgan fingerprint density at radius 1 is 0.909 bits per heavy atom. The first-order valence-electron chi connectivity index (χ1n) is 7.69. The van der Waals surface area contributed by atoms with E-state index in [9.17, 15) is 0 Å². The minimum absolute atomic E-state index is 0.847. The maximum absolute atomic E-state index is 4.35. The summed E-state index contributed by atoms with van der Waals surface area (Å²) in [5.41, 5.74) is 4.49. The maximum atomic E-state index is 4.35. The standard InChI is InChI=1S/C16H15N3.C3H8/c1-11-8-14-15(9-12(11)2)17-10-18-16(14)19-13-6-4-3-5-7-13;1-3-2/h3-10H,1-2H3,(H,17,18,19);3H2,1-2H3. The second-order valence-electron chi connectivity index (χ2n) is 5.37. The second-order valence-corrected chi connectivity index (χ2v) is 5.37. The number of nitrogens with one attached hydrogen (secondary N) is 1. The third-order valence-corrected chi connectivity index (χ3v) is 3.29. The lowest BCUT2D eigenvalue weighted by Crippen LogP contribution is -1.96. The lowest BCUT2D eigenvalue weighted by Gasteiger charge is -2.09. The molecule has 3 rings (SSSR count). The number of anilines is 2. The van der Waals surface area contributed by atoms with Crippen molar-refractivity contribution >= 4 is 22.4 Å². The van der Waals surface area contributed by atoms with Crippen LogP contribution in [0.5, 0.6) is 0 Å². The van der Waals surface area contributed by atoms with Gasteiger partial charge < -0.3 is 5.32 Å². The quantitative estimate of drug-likeness (QED) is 0.686. The highest BCUT2D eigenvalue weighted by atomic mass is 15.0. The van der Waals surface area contributed by atoms with E-state index in [2.05, 4.69) is 55.1 Å². The van der Waals surface area contributed by atoms with E-state index in [-0.39, 0.29) is 0 Å². The van der Waals surface area contributed by atoms with E-state index in [0.29, 0.717) is 0 Å². The molecule has 22 heavy (non-hydrogen) atoms. The molecule has 3 aromatic rings. The van der Waals surface area contributed by atoms with Crippen molar-refractivity contribution in [3.8, 4) is 0 Å². The lowest BCUT2D eigenvalue weighted by atomic mass is 10.1. The van der Waals surface area contributed by atoms with Crippen LogP contribution in [0, 0.1) is 13.8 Å². The Morgan fingerprint density at radius 2 is 1.55 bits per heavy atom.